The molecule has 5 nitrogen and oxygen atoms in total. The van der Waals surface area contributed by atoms with Crippen LogP contribution in [0.5, 0.6) is 5.88 Å². The highest BCUT2D eigenvalue weighted by atomic mass is 16.5. The lowest BCUT2D eigenvalue weighted by Crippen LogP contribution is -2.30. The van der Waals surface area contributed by atoms with Crippen LogP contribution in [0, 0.1) is 5.92 Å². The van der Waals surface area contributed by atoms with Crippen LogP contribution in [0.25, 0.3) is 0 Å². The largest absolute Gasteiger partial charge is 0.481 e. The maximum absolute atomic E-state index is 11.8. The Morgan fingerprint density at radius 3 is 2.89 bits per heavy atom. The minimum atomic E-state index is 0.0638. The molecule has 0 bridgehead atoms. The van der Waals surface area contributed by atoms with E-state index >= 15 is 0 Å². The lowest BCUT2D eigenvalue weighted by Gasteiger charge is -2.21. The van der Waals surface area contributed by atoms with Gasteiger partial charge < -0.3 is 15.4 Å². The number of piperidine rings is 1. The minimum absolute atomic E-state index is 0.0638. The molecule has 1 aliphatic heterocycles. The van der Waals surface area contributed by atoms with Gasteiger partial charge in [0.05, 0.1) is 19.0 Å². The number of ether oxygens (including phenoxy) is 1. The van der Waals surface area contributed by atoms with Gasteiger partial charge in [0, 0.05) is 12.5 Å². The zero-order valence-corrected chi connectivity index (χ0v) is 10.6. The monoisotopic (exact) mass is 249 g/mol. The molecule has 2 rings (SSSR count). The maximum atomic E-state index is 11.8. The first-order valence-electron chi connectivity index (χ1n) is 6.28. The molecule has 0 radical (unpaired) electrons. The van der Waals surface area contributed by atoms with Crippen LogP contribution in [0.4, 0.5) is 5.69 Å². The van der Waals surface area contributed by atoms with Crippen molar-refractivity contribution in [1.29, 1.82) is 0 Å². The van der Waals surface area contributed by atoms with E-state index in [2.05, 4.69) is 15.6 Å². The van der Waals surface area contributed by atoms with Crippen molar-refractivity contribution in [2.24, 2.45) is 5.92 Å². The highest BCUT2D eigenvalue weighted by Gasteiger charge is 2.16. The fraction of sp³-hybridized carbons (Fsp3) is 0.538. The highest BCUT2D eigenvalue weighted by molar-refractivity contribution is 5.90. The van der Waals surface area contributed by atoms with Crippen molar-refractivity contribution in [3.05, 3.63) is 18.3 Å². The molecular formula is C13H19N3O2. The summed E-state index contributed by atoms with van der Waals surface area (Å²) < 4.78 is 4.96. The second kappa shape index (κ2) is 6.35. The number of aromatic nitrogens is 1. The Balaban J connectivity index is 1.82. The Morgan fingerprint density at radius 1 is 1.50 bits per heavy atom. The molecule has 0 atom stereocenters. The summed E-state index contributed by atoms with van der Waals surface area (Å²) in [6.07, 6.45) is 4.36. The SMILES string of the molecule is COc1ccc(NC(=O)CC2CCNCC2)cn1. The number of anilines is 1. The van der Waals surface area contributed by atoms with Crippen LogP contribution < -0.4 is 15.4 Å². The zero-order valence-electron chi connectivity index (χ0n) is 10.6. The van der Waals surface area contributed by atoms with Crippen molar-refractivity contribution in [3.63, 3.8) is 0 Å². The van der Waals surface area contributed by atoms with Gasteiger partial charge in [-0.1, -0.05) is 0 Å². The molecule has 1 aliphatic rings. The third-order valence-electron chi connectivity index (χ3n) is 3.16. The average Bonchev–Trinajstić information content (AvgIpc) is 2.40. The number of amides is 1. The predicted molar refractivity (Wildman–Crippen MR) is 69.6 cm³/mol. The Labute approximate surface area is 107 Å². The van der Waals surface area contributed by atoms with Crippen molar-refractivity contribution in [2.75, 3.05) is 25.5 Å². The highest BCUT2D eigenvalue weighted by Crippen LogP contribution is 2.17. The number of carbonyl (C=O) groups excluding carboxylic acids is 1. The third-order valence-corrected chi connectivity index (χ3v) is 3.16. The first-order valence-corrected chi connectivity index (χ1v) is 6.28. The van der Waals surface area contributed by atoms with Crippen LogP contribution in [-0.2, 0) is 4.79 Å². The van der Waals surface area contributed by atoms with Crippen molar-refractivity contribution in [2.45, 2.75) is 19.3 Å². The van der Waals surface area contributed by atoms with Crippen LogP contribution in [-0.4, -0.2) is 31.1 Å². The van der Waals surface area contributed by atoms with Crippen LogP contribution in [0.15, 0.2) is 18.3 Å². The molecule has 2 heterocycles. The quantitative estimate of drug-likeness (QED) is 0.847. The minimum Gasteiger partial charge on any atom is -0.481 e. The summed E-state index contributed by atoms with van der Waals surface area (Å²) in [5.41, 5.74) is 0.717. The van der Waals surface area contributed by atoms with Crippen molar-refractivity contribution < 1.29 is 9.53 Å². The number of methoxy groups -OCH3 is 1. The molecule has 0 saturated carbocycles. The Morgan fingerprint density at radius 2 is 2.28 bits per heavy atom. The van der Waals surface area contributed by atoms with Crippen molar-refractivity contribution >= 4 is 11.6 Å². The summed E-state index contributed by atoms with van der Waals surface area (Å²) in [6.45, 7) is 2.03. The van der Waals surface area contributed by atoms with E-state index in [1.54, 1.807) is 25.4 Å². The van der Waals surface area contributed by atoms with Crippen LogP contribution in [0.1, 0.15) is 19.3 Å². The number of nitrogens with zero attached hydrogens (tertiary/aromatic N) is 1. The predicted octanol–water partition coefficient (Wildman–Crippen LogP) is 1.42. The summed E-state index contributed by atoms with van der Waals surface area (Å²) in [5.74, 6) is 1.11. The summed E-state index contributed by atoms with van der Waals surface area (Å²) in [6, 6.07) is 3.53. The molecule has 0 spiro atoms. The number of hydrogen-bond acceptors (Lipinski definition) is 4. The lowest BCUT2D eigenvalue weighted by molar-refractivity contribution is -0.117. The van der Waals surface area contributed by atoms with Gasteiger partial charge in [-0.2, -0.15) is 0 Å². The second-order valence-electron chi connectivity index (χ2n) is 4.53. The van der Waals surface area contributed by atoms with Gasteiger partial charge in [-0.05, 0) is 37.9 Å². The lowest BCUT2D eigenvalue weighted by atomic mass is 9.94. The molecule has 1 aromatic heterocycles. The normalized spacial score (nSPS) is 16.3. The smallest absolute Gasteiger partial charge is 0.224 e. The van der Waals surface area contributed by atoms with E-state index in [4.69, 9.17) is 4.74 Å². The molecule has 1 amide bonds. The molecule has 0 aliphatic carbocycles. The second-order valence-corrected chi connectivity index (χ2v) is 4.53. The number of nitrogens with one attached hydrogen (secondary N) is 2. The number of hydrogen-bond donors (Lipinski definition) is 2. The van der Waals surface area contributed by atoms with E-state index in [1.807, 2.05) is 0 Å². The Kier molecular flexibility index (Phi) is 4.52. The third kappa shape index (κ3) is 3.70. The van der Waals surface area contributed by atoms with Gasteiger partial charge in [0.2, 0.25) is 11.8 Å². The summed E-state index contributed by atoms with van der Waals surface area (Å²) in [4.78, 5) is 15.9. The van der Waals surface area contributed by atoms with E-state index in [0.29, 0.717) is 18.2 Å². The first-order chi connectivity index (χ1) is 8.78. The molecule has 18 heavy (non-hydrogen) atoms. The van der Waals surface area contributed by atoms with Gasteiger partial charge in [-0.15, -0.1) is 0 Å². The van der Waals surface area contributed by atoms with Gasteiger partial charge >= 0.3 is 0 Å². The molecule has 1 saturated heterocycles. The molecular weight excluding hydrogens is 230 g/mol. The fourth-order valence-electron chi connectivity index (χ4n) is 2.14. The van der Waals surface area contributed by atoms with Crippen LogP contribution in [0.3, 0.4) is 0 Å². The molecule has 1 aromatic rings. The number of rotatable bonds is 4. The van der Waals surface area contributed by atoms with E-state index in [0.717, 1.165) is 31.6 Å². The van der Waals surface area contributed by atoms with Gasteiger partial charge in [0.25, 0.3) is 0 Å². The molecule has 0 aromatic carbocycles. The maximum Gasteiger partial charge on any atom is 0.224 e. The van der Waals surface area contributed by atoms with Crippen LogP contribution in [0.2, 0.25) is 0 Å². The zero-order chi connectivity index (χ0) is 12.8. The van der Waals surface area contributed by atoms with Gasteiger partial charge in [-0.3, -0.25) is 4.79 Å². The Bertz CT molecular complexity index is 386. The van der Waals surface area contributed by atoms with E-state index in [9.17, 15) is 4.79 Å². The van der Waals surface area contributed by atoms with Crippen molar-refractivity contribution in [1.82, 2.24) is 10.3 Å². The molecule has 1 fully saturated rings. The van der Waals surface area contributed by atoms with E-state index in [1.165, 1.54) is 0 Å². The summed E-state index contributed by atoms with van der Waals surface area (Å²) >= 11 is 0. The number of carbonyl (C=O) groups is 1. The average molecular weight is 249 g/mol. The molecule has 0 unspecified atom stereocenters. The van der Waals surface area contributed by atoms with E-state index < -0.39 is 0 Å². The van der Waals surface area contributed by atoms with Gasteiger partial charge in [-0.25, -0.2) is 4.98 Å². The number of pyridine rings is 1. The van der Waals surface area contributed by atoms with Crippen molar-refractivity contribution in [3.8, 4) is 5.88 Å². The molecule has 5 heteroatoms. The van der Waals surface area contributed by atoms with E-state index in [-0.39, 0.29) is 5.91 Å². The first kappa shape index (κ1) is 12.8. The fourth-order valence-corrected chi connectivity index (χ4v) is 2.14. The Hall–Kier alpha value is -1.62. The summed E-state index contributed by atoms with van der Waals surface area (Å²) in [5, 5.41) is 6.16. The van der Waals surface area contributed by atoms with Gasteiger partial charge in [0.1, 0.15) is 0 Å². The standard InChI is InChI=1S/C13H19N3O2/c1-18-13-3-2-11(9-15-13)16-12(17)8-10-4-6-14-7-5-10/h2-3,9-10,14H,4-8H2,1H3,(H,16,17). The topological polar surface area (TPSA) is 63.2 Å². The molecule has 2 N–H and O–H groups in total. The van der Waals surface area contributed by atoms with Gasteiger partial charge in [0.15, 0.2) is 0 Å². The summed E-state index contributed by atoms with van der Waals surface area (Å²) in [7, 11) is 1.57. The molecule has 98 valence electrons. The van der Waals surface area contributed by atoms with Crippen LogP contribution >= 0.6 is 0 Å².